The summed E-state index contributed by atoms with van der Waals surface area (Å²) < 4.78 is 31.8. The topological polar surface area (TPSA) is 112 Å². The first-order chi connectivity index (χ1) is 17.9. The van der Waals surface area contributed by atoms with Crippen molar-refractivity contribution in [3.63, 3.8) is 0 Å². The van der Waals surface area contributed by atoms with Crippen molar-refractivity contribution in [2.45, 2.75) is 68.5 Å². The number of nitrogens with one attached hydrogen (secondary N) is 2. The highest BCUT2D eigenvalue weighted by atomic mass is 32.2. The fraction of sp³-hybridized carbons (Fsp3) is 0.556. The van der Waals surface area contributed by atoms with E-state index in [0.717, 1.165) is 32.5 Å². The summed E-state index contributed by atoms with van der Waals surface area (Å²) in [5.41, 5.74) is 0.531. The number of sulfonamides is 1. The fourth-order valence-corrected chi connectivity index (χ4v) is 6.36. The lowest BCUT2D eigenvalue weighted by molar-refractivity contribution is -0.161. The van der Waals surface area contributed by atoms with Gasteiger partial charge in [-0.3, -0.25) is 9.59 Å². The molecule has 9 nitrogen and oxygen atoms in total. The zero-order chi connectivity index (χ0) is 26.3. The van der Waals surface area contributed by atoms with Crippen molar-refractivity contribution in [3.05, 3.63) is 54.3 Å². The van der Waals surface area contributed by atoms with E-state index in [1.54, 1.807) is 0 Å². The minimum absolute atomic E-state index is 0.0182. The van der Waals surface area contributed by atoms with Gasteiger partial charge >= 0.3 is 0 Å². The van der Waals surface area contributed by atoms with Gasteiger partial charge in [0.05, 0.1) is 6.26 Å². The van der Waals surface area contributed by atoms with E-state index in [-0.39, 0.29) is 23.5 Å². The summed E-state index contributed by atoms with van der Waals surface area (Å²) in [5.74, 6) is -0.0675. The fourth-order valence-electron chi connectivity index (χ4n) is 5.36. The molecule has 2 amide bonds. The van der Waals surface area contributed by atoms with E-state index < -0.39 is 21.6 Å². The molecule has 4 rings (SSSR count). The first-order valence-corrected chi connectivity index (χ1v) is 14.8. The number of carbonyl (C=O) groups is 2. The molecule has 1 atom stereocenters. The monoisotopic (exact) mass is 530 g/mol. The van der Waals surface area contributed by atoms with Crippen LogP contribution in [0.15, 0.2) is 58.2 Å². The van der Waals surface area contributed by atoms with Crippen molar-refractivity contribution in [1.82, 2.24) is 19.8 Å². The largest absolute Gasteiger partial charge is 0.452 e. The molecule has 2 saturated heterocycles. The lowest BCUT2D eigenvalue weighted by Crippen LogP contribution is -2.72. The van der Waals surface area contributed by atoms with Gasteiger partial charge in [0.2, 0.25) is 16.9 Å². The van der Waals surface area contributed by atoms with Crippen LogP contribution in [0.25, 0.3) is 0 Å². The van der Waals surface area contributed by atoms with E-state index in [1.807, 2.05) is 17.9 Å². The smallest absolute Gasteiger partial charge is 0.273 e. The third-order valence-electron chi connectivity index (χ3n) is 7.47. The van der Waals surface area contributed by atoms with Crippen molar-refractivity contribution in [3.8, 4) is 0 Å². The quantitative estimate of drug-likeness (QED) is 0.408. The number of piperazine rings is 1. The molecular weight excluding hydrogens is 492 g/mol. The van der Waals surface area contributed by atoms with Crippen LogP contribution in [0.5, 0.6) is 0 Å². The average Bonchev–Trinajstić information content (AvgIpc) is 3.46. The molecule has 2 aliphatic heterocycles. The standard InChI is InChI=1S/C27H38N4O5S/c1-2-17-31-25(32)23(11-6-7-16-28-37(34,35)24-12-8-21-36-24)29-26(33)27(31)14-19-30(20-15-27)18-13-22-9-4-3-5-10-22/h3-5,8-10,12,21,23,28H,2,6-7,11,13-20H2,1H3,(H,29,33)/t23-/m0/s1. The minimum Gasteiger partial charge on any atom is -0.452 e. The normalized spacial score (nSPS) is 20.4. The molecule has 0 saturated carbocycles. The van der Waals surface area contributed by atoms with Crippen LogP contribution in [0.3, 0.4) is 0 Å². The van der Waals surface area contributed by atoms with Gasteiger partial charge in [-0.1, -0.05) is 37.3 Å². The number of nitrogens with zero attached hydrogens (tertiary/aromatic N) is 2. The Kier molecular flexibility index (Phi) is 9.04. The maximum absolute atomic E-state index is 13.5. The Morgan fingerprint density at radius 3 is 2.49 bits per heavy atom. The first kappa shape index (κ1) is 27.3. The van der Waals surface area contributed by atoms with Crippen LogP contribution >= 0.6 is 0 Å². The molecule has 2 aromatic rings. The van der Waals surface area contributed by atoms with Gasteiger partial charge in [-0.15, -0.1) is 0 Å². The third-order valence-corrected chi connectivity index (χ3v) is 8.82. The van der Waals surface area contributed by atoms with Crippen LogP contribution in [-0.4, -0.2) is 74.3 Å². The number of likely N-dealkylation sites (tertiary alicyclic amines) is 1. The molecule has 10 heteroatoms. The summed E-state index contributed by atoms with van der Waals surface area (Å²) in [6.45, 7) is 5.34. The highest BCUT2D eigenvalue weighted by molar-refractivity contribution is 7.89. The molecular formula is C27H38N4O5S. The highest BCUT2D eigenvalue weighted by Crippen LogP contribution is 2.34. The Labute approximate surface area is 219 Å². The molecule has 0 unspecified atom stereocenters. The van der Waals surface area contributed by atoms with Gasteiger partial charge in [0.1, 0.15) is 11.6 Å². The van der Waals surface area contributed by atoms with Gasteiger partial charge in [-0.25, -0.2) is 13.1 Å². The van der Waals surface area contributed by atoms with Crippen LogP contribution in [0.2, 0.25) is 0 Å². The van der Waals surface area contributed by atoms with E-state index in [2.05, 4.69) is 39.2 Å². The number of amides is 2. The number of piperidine rings is 1. The predicted octanol–water partition coefficient (Wildman–Crippen LogP) is 2.54. The highest BCUT2D eigenvalue weighted by Gasteiger charge is 2.52. The molecule has 1 aromatic heterocycles. The summed E-state index contributed by atoms with van der Waals surface area (Å²) in [7, 11) is -3.67. The maximum atomic E-state index is 13.5. The molecule has 0 aliphatic carbocycles. The molecule has 2 fully saturated rings. The molecule has 3 heterocycles. The van der Waals surface area contributed by atoms with Crippen LogP contribution in [0.4, 0.5) is 0 Å². The minimum atomic E-state index is -3.67. The maximum Gasteiger partial charge on any atom is 0.273 e. The van der Waals surface area contributed by atoms with Gasteiger partial charge < -0.3 is 19.5 Å². The van der Waals surface area contributed by atoms with Crippen molar-refractivity contribution in [1.29, 1.82) is 0 Å². The Hall–Kier alpha value is -2.69. The van der Waals surface area contributed by atoms with Gasteiger partial charge in [0.25, 0.3) is 10.0 Å². The molecule has 37 heavy (non-hydrogen) atoms. The number of carbonyl (C=O) groups excluding carboxylic acids is 2. The zero-order valence-corrected chi connectivity index (χ0v) is 22.3. The lowest BCUT2D eigenvalue weighted by Gasteiger charge is -2.51. The average molecular weight is 531 g/mol. The molecule has 1 spiro atoms. The number of hydrogen-bond donors (Lipinski definition) is 2. The summed E-state index contributed by atoms with van der Waals surface area (Å²) in [6, 6.07) is 12.7. The Bertz CT molecular complexity index is 1130. The number of benzene rings is 1. The van der Waals surface area contributed by atoms with Crippen molar-refractivity contribution in [2.24, 2.45) is 0 Å². The van der Waals surface area contributed by atoms with Crippen LogP contribution in [0.1, 0.15) is 51.0 Å². The van der Waals surface area contributed by atoms with Gasteiger partial charge in [-0.2, -0.15) is 0 Å². The van der Waals surface area contributed by atoms with Crippen LogP contribution in [0, 0.1) is 0 Å². The number of furan rings is 1. The van der Waals surface area contributed by atoms with E-state index in [9.17, 15) is 18.0 Å². The van der Waals surface area contributed by atoms with Gasteiger partial charge in [-0.05, 0) is 62.6 Å². The summed E-state index contributed by atoms with van der Waals surface area (Å²) in [6.07, 6.45) is 5.99. The van der Waals surface area contributed by atoms with Crippen molar-refractivity contribution < 1.29 is 22.4 Å². The lowest BCUT2D eigenvalue weighted by atomic mass is 9.81. The van der Waals surface area contributed by atoms with Crippen molar-refractivity contribution >= 4 is 21.8 Å². The summed E-state index contributed by atoms with van der Waals surface area (Å²) >= 11 is 0. The van der Waals surface area contributed by atoms with E-state index in [4.69, 9.17) is 4.42 Å². The second-order valence-corrected chi connectivity index (χ2v) is 11.6. The molecule has 2 aliphatic rings. The Morgan fingerprint density at radius 1 is 1.05 bits per heavy atom. The third kappa shape index (κ3) is 6.42. The first-order valence-electron chi connectivity index (χ1n) is 13.3. The predicted molar refractivity (Wildman–Crippen MR) is 140 cm³/mol. The number of unbranched alkanes of at least 4 members (excludes halogenated alkanes) is 1. The Balaban J connectivity index is 1.28. The second kappa shape index (κ2) is 12.2. The molecule has 2 N–H and O–H groups in total. The molecule has 0 radical (unpaired) electrons. The van der Waals surface area contributed by atoms with E-state index in [0.29, 0.717) is 38.6 Å². The Morgan fingerprint density at radius 2 is 1.81 bits per heavy atom. The summed E-state index contributed by atoms with van der Waals surface area (Å²) in [4.78, 5) is 31.1. The molecule has 0 bridgehead atoms. The van der Waals surface area contributed by atoms with E-state index in [1.165, 1.54) is 24.0 Å². The SMILES string of the molecule is CCCN1C(=O)[C@H](CCCCNS(=O)(=O)c2ccco2)NC(=O)C12CCN(CCc1ccccc1)CC2. The van der Waals surface area contributed by atoms with Gasteiger partial charge in [0, 0.05) is 32.7 Å². The number of rotatable bonds is 12. The molecule has 202 valence electrons. The van der Waals surface area contributed by atoms with Crippen LogP contribution in [-0.2, 0) is 26.0 Å². The van der Waals surface area contributed by atoms with Crippen LogP contribution < -0.4 is 10.0 Å². The zero-order valence-electron chi connectivity index (χ0n) is 21.5. The number of hydrogen-bond acceptors (Lipinski definition) is 6. The van der Waals surface area contributed by atoms with Crippen molar-refractivity contribution in [2.75, 3.05) is 32.7 Å². The van der Waals surface area contributed by atoms with E-state index >= 15 is 0 Å². The second-order valence-electron chi connectivity index (χ2n) is 9.95. The summed E-state index contributed by atoms with van der Waals surface area (Å²) in [5, 5.41) is 2.90. The van der Waals surface area contributed by atoms with Gasteiger partial charge in [0.15, 0.2) is 0 Å². The molecule has 1 aromatic carbocycles.